The minimum Gasteiger partial charge on any atom is -0.337 e. The Morgan fingerprint density at radius 1 is 1.22 bits per heavy atom. The molecule has 2 aromatic rings. The highest BCUT2D eigenvalue weighted by Crippen LogP contribution is 2.31. The summed E-state index contributed by atoms with van der Waals surface area (Å²) in [6, 6.07) is 9.74. The van der Waals surface area contributed by atoms with Crippen LogP contribution in [0.3, 0.4) is 0 Å². The van der Waals surface area contributed by atoms with Crippen LogP contribution in [0, 0.1) is 5.82 Å². The van der Waals surface area contributed by atoms with Gasteiger partial charge in [-0.15, -0.1) is 0 Å². The summed E-state index contributed by atoms with van der Waals surface area (Å²) in [4.78, 5) is 26.3. The van der Waals surface area contributed by atoms with E-state index in [0.717, 1.165) is 11.6 Å². The van der Waals surface area contributed by atoms with Crippen molar-refractivity contribution in [3.63, 3.8) is 0 Å². The summed E-state index contributed by atoms with van der Waals surface area (Å²) in [5, 5.41) is 9.33. The van der Waals surface area contributed by atoms with E-state index in [0.29, 0.717) is 29.1 Å². The molecule has 3 rings (SSSR count). The highest BCUT2D eigenvalue weighted by atomic mass is 35.5. The summed E-state index contributed by atoms with van der Waals surface area (Å²) >= 11 is 5.93. The van der Waals surface area contributed by atoms with Gasteiger partial charge in [0.1, 0.15) is 5.82 Å². The molecule has 0 aliphatic carbocycles. The second-order valence-electron chi connectivity index (χ2n) is 7.15. The number of amides is 2. The van der Waals surface area contributed by atoms with Crippen LogP contribution in [0.25, 0.3) is 0 Å². The van der Waals surface area contributed by atoms with Crippen molar-refractivity contribution < 1.29 is 19.2 Å². The molecule has 0 saturated carbocycles. The molecule has 7 heteroatoms. The molecule has 0 atom stereocenters. The Kier molecular flexibility index (Phi) is 5.22. The Morgan fingerprint density at radius 2 is 1.89 bits per heavy atom. The third-order valence-electron chi connectivity index (χ3n) is 5.04. The zero-order valence-corrected chi connectivity index (χ0v) is 15.8. The first kappa shape index (κ1) is 19.3. The third kappa shape index (κ3) is 3.68. The normalized spacial score (nSPS) is 13.9. The lowest BCUT2D eigenvalue weighted by molar-refractivity contribution is -0.137. The average molecular weight is 391 g/mol. The molecule has 2 N–H and O–H groups in total. The third-order valence-corrected chi connectivity index (χ3v) is 5.29. The van der Waals surface area contributed by atoms with E-state index >= 15 is 0 Å². The van der Waals surface area contributed by atoms with Crippen LogP contribution in [-0.2, 0) is 23.2 Å². The molecule has 1 aliphatic heterocycles. The van der Waals surface area contributed by atoms with E-state index in [4.69, 9.17) is 16.8 Å². The van der Waals surface area contributed by atoms with Gasteiger partial charge in [0.15, 0.2) is 0 Å². The fourth-order valence-electron chi connectivity index (χ4n) is 3.37. The number of nitrogens with zero attached hydrogens (tertiary/aromatic N) is 1. The van der Waals surface area contributed by atoms with Gasteiger partial charge >= 0.3 is 0 Å². The molecule has 1 aliphatic rings. The van der Waals surface area contributed by atoms with Gasteiger partial charge in [-0.3, -0.25) is 14.8 Å². The van der Waals surface area contributed by atoms with Gasteiger partial charge in [-0.25, -0.2) is 9.87 Å². The summed E-state index contributed by atoms with van der Waals surface area (Å²) in [5.74, 6) is -1.43. The lowest BCUT2D eigenvalue weighted by Gasteiger charge is -2.35. The maximum atomic E-state index is 14.5. The molecule has 27 heavy (non-hydrogen) atoms. The van der Waals surface area contributed by atoms with E-state index in [1.165, 1.54) is 5.48 Å². The predicted molar refractivity (Wildman–Crippen MR) is 99.3 cm³/mol. The number of nitrogens with one attached hydrogen (secondary N) is 1. The van der Waals surface area contributed by atoms with E-state index in [1.807, 2.05) is 26.0 Å². The molecule has 0 fully saturated rings. The molecule has 0 spiro atoms. The number of carbonyl (C=O) groups excluding carboxylic acids is 2. The van der Waals surface area contributed by atoms with E-state index < -0.39 is 17.1 Å². The Balaban J connectivity index is 1.86. The summed E-state index contributed by atoms with van der Waals surface area (Å²) < 4.78 is 14.5. The number of fused-ring (bicyclic) bond motifs is 1. The van der Waals surface area contributed by atoms with E-state index in [2.05, 4.69) is 0 Å². The summed E-state index contributed by atoms with van der Waals surface area (Å²) in [7, 11) is 0. The van der Waals surface area contributed by atoms with Crippen molar-refractivity contribution in [2.75, 3.05) is 6.54 Å². The first-order valence-corrected chi connectivity index (χ1v) is 8.93. The fraction of sp³-hybridized carbons (Fsp3) is 0.300. The molecule has 0 saturated heterocycles. The average Bonchev–Trinajstić information content (AvgIpc) is 2.66. The van der Waals surface area contributed by atoms with Crippen molar-refractivity contribution in [1.29, 1.82) is 0 Å². The largest absolute Gasteiger partial charge is 0.337 e. The second-order valence-corrected chi connectivity index (χ2v) is 7.58. The first-order valence-electron chi connectivity index (χ1n) is 8.55. The van der Waals surface area contributed by atoms with E-state index in [1.54, 1.807) is 23.1 Å². The van der Waals surface area contributed by atoms with Gasteiger partial charge in [0.25, 0.3) is 5.91 Å². The van der Waals surface area contributed by atoms with Crippen LogP contribution in [0.5, 0.6) is 0 Å². The molecule has 2 amide bonds. The minimum absolute atomic E-state index is 0.0509. The van der Waals surface area contributed by atoms with Gasteiger partial charge in [-0.1, -0.05) is 23.7 Å². The van der Waals surface area contributed by atoms with Crippen molar-refractivity contribution in [2.45, 2.75) is 32.2 Å². The maximum Gasteiger partial charge on any atom is 0.274 e. The van der Waals surface area contributed by atoms with E-state index in [9.17, 15) is 14.0 Å². The quantitative estimate of drug-likeness (QED) is 0.623. The van der Waals surface area contributed by atoms with Crippen molar-refractivity contribution in [2.24, 2.45) is 0 Å². The lowest BCUT2D eigenvalue weighted by atomic mass is 9.82. The van der Waals surface area contributed by atoms with Crippen LogP contribution in [0.2, 0.25) is 5.02 Å². The molecule has 0 bridgehead atoms. The van der Waals surface area contributed by atoms with Crippen LogP contribution in [-0.4, -0.2) is 28.5 Å². The van der Waals surface area contributed by atoms with Gasteiger partial charge in [-0.05, 0) is 55.7 Å². The predicted octanol–water partition coefficient (Wildman–Crippen LogP) is 3.46. The van der Waals surface area contributed by atoms with Crippen LogP contribution in [0.4, 0.5) is 4.39 Å². The zero-order valence-electron chi connectivity index (χ0n) is 15.1. The molecular weight excluding hydrogens is 371 g/mol. The van der Waals surface area contributed by atoms with Gasteiger partial charge in [0, 0.05) is 29.2 Å². The monoisotopic (exact) mass is 390 g/mol. The van der Waals surface area contributed by atoms with E-state index in [-0.39, 0.29) is 18.0 Å². The molecule has 142 valence electrons. The van der Waals surface area contributed by atoms with Crippen molar-refractivity contribution in [1.82, 2.24) is 10.4 Å². The summed E-state index contributed by atoms with van der Waals surface area (Å²) in [6.07, 6.45) is 0.432. The standard InChI is InChI=1S/C20H20ClFN2O3/c1-20(2,14-3-5-15(21)6-4-14)19(26)24-8-7-12-9-13(18(25)23-27)10-17(22)16(12)11-24/h3-6,9-10,27H,7-8,11H2,1-2H3,(H,23,25). The fourth-order valence-corrected chi connectivity index (χ4v) is 3.50. The Bertz CT molecular complexity index is 897. The van der Waals surface area contributed by atoms with Crippen LogP contribution in [0.1, 0.15) is 40.9 Å². The number of hydrogen-bond acceptors (Lipinski definition) is 3. The SMILES string of the molecule is CC(C)(C(=O)N1CCc2cc(C(=O)NO)cc(F)c2C1)c1ccc(Cl)cc1. The zero-order chi connectivity index (χ0) is 19.8. The number of benzene rings is 2. The number of hydrogen-bond donors (Lipinski definition) is 2. The number of hydroxylamine groups is 1. The molecule has 0 aromatic heterocycles. The van der Waals surface area contributed by atoms with Crippen molar-refractivity contribution >= 4 is 23.4 Å². The van der Waals surface area contributed by atoms with Crippen LogP contribution >= 0.6 is 11.6 Å². The topological polar surface area (TPSA) is 69.6 Å². The van der Waals surface area contributed by atoms with Crippen molar-refractivity contribution in [3.05, 3.63) is 69.5 Å². The van der Waals surface area contributed by atoms with Gasteiger partial charge in [-0.2, -0.15) is 0 Å². The molecular formula is C20H20ClFN2O3. The Morgan fingerprint density at radius 3 is 2.52 bits per heavy atom. The minimum atomic E-state index is -0.782. The lowest BCUT2D eigenvalue weighted by Crippen LogP contribution is -2.46. The molecule has 0 radical (unpaired) electrons. The van der Waals surface area contributed by atoms with Crippen molar-refractivity contribution in [3.8, 4) is 0 Å². The van der Waals surface area contributed by atoms with Crippen LogP contribution in [0.15, 0.2) is 36.4 Å². The maximum absolute atomic E-state index is 14.5. The summed E-state index contributed by atoms with van der Waals surface area (Å²) in [5.41, 5.74) is 2.67. The molecule has 2 aromatic carbocycles. The summed E-state index contributed by atoms with van der Waals surface area (Å²) in [6.45, 7) is 4.22. The molecule has 1 heterocycles. The first-order chi connectivity index (χ1) is 12.7. The highest BCUT2D eigenvalue weighted by Gasteiger charge is 2.35. The number of carbonyl (C=O) groups is 2. The Hall–Kier alpha value is -2.44. The van der Waals surface area contributed by atoms with Gasteiger partial charge < -0.3 is 4.90 Å². The number of halogens is 2. The highest BCUT2D eigenvalue weighted by molar-refractivity contribution is 6.30. The van der Waals surface area contributed by atoms with Crippen LogP contribution < -0.4 is 5.48 Å². The number of rotatable bonds is 3. The Labute approximate surface area is 161 Å². The van der Waals surface area contributed by atoms with Gasteiger partial charge in [0.05, 0.1) is 5.41 Å². The second kappa shape index (κ2) is 7.29. The van der Waals surface area contributed by atoms with Gasteiger partial charge in [0.2, 0.25) is 5.91 Å². The molecule has 5 nitrogen and oxygen atoms in total. The molecule has 0 unspecified atom stereocenters. The smallest absolute Gasteiger partial charge is 0.274 e.